The summed E-state index contributed by atoms with van der Waals surface area (Å²) < 4.78 is 34.0. The Labute approximate surface area is 146 Å². The molecule has 2 N–H and O–H groups in total. The van der Waals surface area contributed by atoms with Crippen molar-refractivity contribution in [1.29, 1.82) is 0 Å². The maximum atomic E-state index is 11.3. The Morgan fingerprint density at radius 3 is 2.87 bits per heavy atom. The van der Waals surface area contributed by atoms with E-state index in [0.29, 0.717) is 11.3 Å². The Balaban J connectivity index is 2.32. The molecule has 2 aromatic rings. The van der Waals surface area contributed by atoms with Crippen LogP contribution in [0.2, 0.25) is 0 Å². The normalized spacial score (nSPS) is 12.5. The minimum Gasteiger partial charge on any atom is -0.502 e. The second-order valence-corrected chi connectivity index (χ2v) is 7.35. The van der Waals surface area contributed by atoms with Crippen LogP contribution in [0.25, 0.3) is 10.6 Å². The first-order chi connectivity index (χ1) is 10.9. The van der Waals surface area contributed by atoms with Crippen LogP contribution < -0.4 is 9.46 Å². The third kappa shape index (κ3) is 4.56. The zero-order valence-electron chi connectivity index (χ0n) is 11.9. The van der Waals surface area contributed by atoms with E-state index in [1.165, 1.54) is 18.3 Å². The maximum absolute atomic E-state index is 11.3. The number of ether oxygens (including phenoxy) is 1. The summed E-state index contributed by atoms with van der Waals surface area (Å²) in [7, 11) is -2.69. The monoisotopic (exact) mass is 423 g/mol. The highest BCUT2D eigenvalue weighted by atomic mass is 79.9. The molecule has 0 aliphatic heterocycles. The summed E-state index contributed by atoms with van der Waals surface area (Å²) in [5.41, 5.74) is 0. The number of thiol groups is 1. The van der Waals surface area contributed by atoms with E-state index in [9.17, 15) is 18.3 Å². The molecule has 0 aromatic carbocycles. The average Bonchev–Trinajstić information content (AvgIpc) is 3.07. The fourth-order valence-electron chi connectivity index (χ4n) is 1.86. The van der Waals surface area contributed by atoms with Crippen LogP contribution in [0.1, 0.15) is 23.9 Å². The van der Waals surface area contributed by atoms with Gasteiger partial charge in [-0.1, -0.05) is 22.0 Å². The van der Waals surface area contributed by atoms with Gasteiger partial charge in [-0.3, -0.25) is 4.79 Å². The van der Waals surface area contributed by atoms with Gasteiger partial charge < -0.3 is 14.3 Å². The van der Waals surface area contributed by atoms with Gasteiger partial charge in [0.2, 0.25) is 22.4 Å². The predicted molar refractivity (Wildman–Crippen MR) is 89.6 cm³/mol. The summed E-state index contributed by atoms with van der Waals surface area (Å²) in [4.78, 5) is 11.5. The van der Waals surface area contributed by atoms with E-state index in [0.717, 1.165) is 0 Å². The van der Waals surface area contributed by atoms with Crippen molar-refractivity contribution in [3.63, 3.8) is 0 Å². The molecule has 126 valence electrons. The fraction of sp³-hybridized carbons (Fsp3) is 0.308. The number of hydrogen-bond acceptors (Lipinski definition) is 7. The molecule has 0 bridgehead atoms. The number of rotatable bonds is 7. The number of alkyl halides is 1. The van der Waals surface area contributed by atoms with Crippen molar-refractivity contribution < 1.29 is 27.5 Å². The van der Waals surface area contributed by atoms with Crippen molar-refractivity contribution in [2.45, 2.75) is 18.2 Å². The Kier molecular flexibility index (Phi) is 6.22. The topological polar surface area (TPSA) is 106 Å². The van der Waals surface area contributed by atoms with E-state index < -0.39 is 21.7 Å². The summed E-state index contributed by atoms with van der Waals surface area (Å²) in [5, 5.41) is 12.1. The van der Waals surface area contributed by atoms with Crippen molar-refractivity contribution in [2.24, 2.45) is 0 Å². The fourth-order valence-corrected chi connectivity index (χ4v) is 3.41. The molecule has 2 rings (SSSR count). The maximum Gasteiger partial charge on any atom is 0.308 e. The molecular formula is C13H14BrNO6S2. The smallest absolute Gasteiger partial charge is 0.308 e. The average molecular weight is 424 g/mol. The highest BCUT2D eigenvalue weighted by molar-refractivity contribution is 9.09. The van der Waals surface area contributed by atoms with Gasteiger partial charge in [0, 0.05) is 13.5 Å². The van der Waals surface area contributed by atoms with Crippen molar-refractivity contribution >= 4 is 44.1 Å². The first kappa shape index (κ1) is 18.0. The summed E-state index contributed by atoms with van der Waals surface area (Å²) in [6.45, 7) is 1.39. The van der Waals surface area contributed by atoms with E-state index in [1.54, 1.807) is 12.1 Å². The molecule has 23 heavy (non-hydrogen) atoms. The Morgan fingerprint density at radius 1 is 1.57 bits per heavy atom. The van der Waals surface area contributed by atoms with Crippen LogP contribution in [0.4, 0.5) is 0 Å². The van der Waals surface area contributed by atoms with Gasteiger partial charge in [0.1, 0.15) is 0 Å². The molecule has 0 saturated carbocycles. The summed E-state index contributed by atoms with van der Waals surface area (Å²) in [6.07, 6.45) is 0.342. The first-order valence-corrected chi connectivity index (χ1v) is 9.47. The molecule has 0 radical (unpaired) electrons. The number of carbonyl (C=O) groups is 1. The molecule has 1 unspecified atom stereocenters. The number of aromatic hydroxyl groups is 1. The second-order valence-electron chi connectivity index (χ2n) is 4.47. The van der Waals surface area contributed by atoms with Crippen LogP contribution in [-0.4, -0.2) is 26.0 Å². The van der Waals surface area contributed by atoms with Gasteiger partial charge in [-0.25, -0.2) is 13.1 Å². The molecule has 1 atom stereocenters. The summed E-state index contributed by atoms with van der Waals surface area (Å²) >= 11 is 4.72. The lowest BCUT2D eigenvalue weighted by molar-refractivity contribution is -0.132. The molecule has 7 nitrogen and oxygen atoms in total. The SMILES string of the molecule is CC(=O)Oc1c(C(Br)CCN[SH](=O)=O)oc(-c2cccs2)c1O. The van der Waals surface area contributed by atoms with Gasteiger partial charge in [0.15, 0.2) is 11.5 Å². The van der Waals surface area contributed by atoms with Crippen LogP contribution in [0.15, 0.2) is 21.9 Å². The van der Waals surface area contributed by atoms with Crippen LogP contribution in [0.5, 0.6) is 11.5 Å². The number of nitrogens with one attached hydrogen (secondary N) is 1. The molecule has 0 saturated heterocycles. The predicted octanol–water partition coefficient (Wildman–Crippen LogP) is 2.58. The van der Waals surface area contributed by atoms with Crippen LogP contribution in [-0.2, 0) is 15.7 Å². The molecule has 10 heteroatoms. The summed E-state index contributed by atoms with van der Waals surface area (Å²) in [5.74, 6) is -0.484. The zero-order chi connectivity index (χ0) is 17.0. The number of furan rings is 1. The van der Waals surface area contributed by atoms with Crippen molar-refractivity contribution in [1.82, 2.24) is 4.72 Å². The van der Waals surface area contributed by atoms with Crippen molar-refractivity contribution in [3.05, 3.63) is 23.3 Å². The van der Waals surface area contributed by atoms with E-state index in [-0.39, 0.29) is 29.6 Å². The van der Waals surface area contributed by atoms with Crippen molar-refractivity contribution in [2.75, 3.05) is 6.54 Å². The lowest BCUT2D eigenvalue weighted by Gasteiger charge is -2.08. The molecule has 2 heterocycles. The lowest BCUT2D eigenvalue weighted by Crippen LogP contribution is -2.14. The van der Waals surface area contributed by atoms with Gasteiger partial charge in [-0.15, -0.1) is 11.3 Å². The van der Waals surface area contributed by atoms with Crippen LogP contribution in [0, 0.1) is 0 Å². The number of thiophene rings is 1. The Hall–Kier alpha value is -1.36. The Morgan fingerprint density at radius 2 is 2.30 bits per heavy atom. The standard InChI is InChI=1S/C13H14BrNO6S2/c1-7(16)20-13-10(17)12(9-3-2-6-22-9)21-11(13)8(14)4-5-15-23(18)19/h2-3,6,8,17,23H,4-5H2,1H3,(H,15,18,19). The summed E-state index contributed by atoms with van der Waals surface area (Å²) in [6, 6.07) is 3.56. The number of esters is 1. The highest BCUT2D eigenvalue weighted by Crippen LogP contribution is 2.48. The number of carbonyl (C=O) groups excluding carboxylic acids is 1. The molecule has 2 aromatic heterocycles. The number of halogens is 1. The molecule has 0 spiro atoms. The van der Waals surface area contributed by atoms with Crippen molar-refractivity contribution in [3.8, 4) is 22.1 Å². The molecule has 0 fully saturated rings. The Bertz CT molecular complexity index is 745. The molecular weight excluding hydrogens is 410 g/mol. The van der Waals surface area contributed by atoms with E-state index in [4.69, 9.17) is 9.15 Å². The van der Waals surface area contributed by atoms with Crippen LogP contribution >= 0.6 is 27.3 Å². The third-order valence-corrected chi connectivity index (χ3v) is 5.00. The lowest BCUT2D eigenvalue weighted by atomic mass is 10.2. The van der Waals surface area contributed by atoms with Crippen LogP contribution in [0.3, 0.4) is 0 Å². The highest BCUT2D eigenvalue weighted by Gasteiger charge is 2.28. The minimum absolute atomic E-state index is 0.0608. The van der Waals surface area contributed by atoms with E-state index in [2.05, 4.69) is 20.7 Å². The third-order valence-electron chi connectivity index (χ3n) is 2.78. The number of hydrogen-bond donors (Lipinski definition) is 3. The minimum atomic E-state index is -2.69. The van der Waals surface area contributed by atoms with Gasteiger partial charge in [-0.2, -0.15) is 0 Å². The largest absolute Gasteiger partial charge is 0.502 e. The molecule has 0 amide bonds. The second kappa shape index (κ2) is 7.95. The van der Waals surface area contributed by atoms with Gasteiger partial charge in [0.05, 0.1) is 9.70 Å². The van der Waals surface area contributed by atoms with E-state index >= 15 is 0 Å². The van der Waals surface area contributed by atoms with Gasteiger partial charge >= 0.3 is 5.97 Å². The van der Waals surface area contributed by atoms with Gasteiger partial charge in [-0.05, 0) is 17.9 Å². The van der Waals surface area contributed by atoms with Gasteiger partial charge in [0.25, 0.3) is 0 Å². The first-order valence-electron chi connectivity index (χ1n) is 6.50. The molecule has 0 aliphatic carbocycles. The zero-order valence-corrected chi connectivity index (χ0v) is 15.2. The quantitative estimate of drug-likeness (QED) is 0.359. The molecule has 0 aliphatic rings. The van der Waals surface area contributed by atoms with E-state index in [1.807, 2.05) is 5.38 Å².